The summed E-state index contributed by atoms with van der Waals surface area (Å²) < 4.78 is 10.7. The molecule has 2 aromatic carbocycles. The molecular weight excluding hydrogens is 442 g/mol. The van der Waals surface area contributed by atoms with Crippen molar-refractivity contribution in [2.45, 2.75) is 31.7 Å². The molecule has 2 amide bonds. The number of carbonyl (C=O) groups excluding carboxylic acids is 2. The molecule has 2 aliphatic heterocycles. The second-order valence-corrected chi connectivity index (χ2v) is 9.89. The van der Waals surface area contributed by atoms with E-state index in [2.05, 4.69) is 4.90 Å². The number of benzene rings is 2. The van der Waals surface area contributed by atoms with E-state index in [4.69, 9.17) is 9.47 Å². The predicted octanol–water partition coefficient (Wildman–Crippen LogP) is 3.74. The summed E-state index contributed by atoms with van der Waals surface area (Å²) in [6.07, 6.45) is 3.61. The van der Waals surface area contributed by atoms with Gasteiger partial charge in [-0.3, -0.25) is 14.5 Å². The van der Waals surface area contributed by atoms with Crippen LogP contribution in [0.5, 0.6) is 11.5 Å². The second-order valence-electron chi connectivity index (χ2n) is 9.89. The fraction of sp³-hybridized carbons (Fsp3) is 0.500. The summed E-state index contributed by atoms with van der Waals surface area (Å²) in [7, 11) is 3.26. The maximum absolute atomic E-state index is 13.9. The van der Waals surface area contributed by atoms with Crippen LogP contribution in [0.4, 0.5) is 5.69 Å². The van der Waals surface area contributed by atoms with Crippen LogP contribution >= 0.6 is 0 Å². The van der Waals surface area contributed by atoms with Gasteiger partial charge in [-0.05, 0) is 67.1 Å². The summed E-state index contributed by atoms with van der Waals surface area (Å²) in [5.74, 6) is 2.24. The molecule has 0 N–H and O–H groups in total. The first-order chi connectivity index (χ1) is 17.1. The SMILES string of the molecule is COc1ccc(C2C(C(=O)N3CCN(CC4CC4)CC3)CCC(=O)N2c2ccc(OC)cc2)cc1. The molecule has 0 bridgehead atoms. The van der Waals surface area contributed by atoms with E-state index in [9.17, 15) is 9.59 Å². The quantitative estimate of drug-likeness (QED) is 0.608. The number of anilines is 1. The van der Waals surface area contributed by atoms with Crippen LogP contribution in [0, 0.1) is 11.8 Å². The van der Waals surface area contributed by atoms with Gasteiger partial charge in [-0.15, -0.1) is 0 Å². The summed E-state index contributed by atoms with van der Waals surface area (Å²) in [6.45, 7) is 4.55. The lowest BCUT2D eigenvalue weighted by Crippen LogP contribution is -2.54. The first-order valence-corrected chi connectivity index (χ1v) is 12.7. The molecule has 7 nitrogen and oxygen atoms in total. The van der Waals surface area contributed by atoms with Crippen LogP contribution in [0.3, 0.4) is 0 Å². The second kappa shape index (κ2) is 10.3. The molecule has 2 saturated heterocycles. The summed E-state index contributed by atoms with van der Waals surface area (Å²) in [5.41, 5.74) is 1.73. The normalized spacial score (nSPS) is 23.3. The van der Waals surface area contributed by atoms with Crippen molar-refractivity contribution in [2.24, 2.45) is 11.8 Å². The number of piperidine rings is 1. The molecule has 35 heavy (non-hydrogen) atoms. The number of ether oxygens (including phenoxy) is 2. The van der Waals surface area contributed by atoms with Crippen LogP contribution in [0.15, 0.2) is 48.5 Å². The standard InChI is InChI=1S/C28H35N3O4/c1-34-23-9-5-21(6-10-23)27-25(28(33)30-17-15-29(16-18-30)19-20-3-4-20)13-14-26(32)31(27)22-7-11-24(35-2)12-8-22/h5-12,20,25,27H,3-4,13-19H2,1-2H3. The molecule has 0 radical (unpaired) electrons. The molecule has 2 unspecified atom stereocenters. The molecule has 7 heteroatoms. The molecule has 1 saturated carbocycles. The smallest absolute Gasteiger partial charge is 0.228 e. The van der Waals surface area contributed by atoms with E-state index in [0.717, 1.165) is 54.8 Å². The van der Waals surface area contributed by atoms with Gasteiger partial charge in [0, 0.05) is 44.8 Å². The van der Waals surface area contributed by atoms with Gasteiger partial charge in [0.1, 0.15) is 11.5 Å². The van der Waals surface area contributed by atoms with Crippen molar-refractivity contribution in [3.8, 4) is 11.5 Å². The van der Waals surface area contributed by atoms with Crippen molar-refractivity contribution in [3.63, 3.8) is 0 Å². The minimum atomic E-state index is -0.368. The fourth-order valence-corrected chi connectivity index (χ4v) is 5.43. The Labute approximate surface area is 207 Å². The summed E-state index contributed by atoms with van der Waals surface area (Å²) in [4.78, 5) is 33.5. The molecule has 5 rings (SSSR count). The number of methoxy groups -OCH3 is 2. The number of piperazine rings is 1. The third-order valence-electron chi connectivity index (χ3n) is 7.62. The van der Waals surface area contributed by atoms with E-state index < -0.39 is 0 Å². The zero-order valence-corrected chi connectivity index (χ0v) is 20.7. The third kappa shape index (κ3) is 5.15. The Morgan fingerprint density at radius 2 is 1.46 bits per heavy atom. The van der Waals surface area contributed by atoms with Crippen LogP contribution in [-0.4, -0.2) is 68.6 Å². The van der Waals surface area contributed by atoms with Crippen molar-refractivity contribution in [1.82, 2.24) is 9.80 Å². The highest BCUT2D eigenvalue weighted by atomic mass is 16.5. The molecule has 3 fully saturated rings. The highest BCUT2D eigenvalue weighted by molar-refractivity contribution is 5.97. The number of amides is 2. The molecule has 3 aliphatic rings. The first-order valence-electron chi connectivity index (χ1n) is 12.7. The molecule has 2 aromatic rings. The minimum absolute atomic E-state index is 0.0364. The number of hydrogen-bond donors (Lipinski definition) is 0. The lowest BCUT2D eigenvalue weighted by molar-refractivity contribution is -0.140. The van der Waals surface area contributed by atoms with Gasteiger partial charge in [0.25, 0.3) is 0 Å². The van der Waals surface area contributed by atoms with Crippen LogP contribution < -0.4 is 14.4 Å². The Morgan fingerprint density at radius 1 is 0.857 bits per heavy atom. The van der Waals surface area contributed by atoms with E-state index in [1.54, 1.807) is 14.2 Å². The first kappa shape index (κ1) is 23.7. The summed E-state index contributed by atoms with van der Waals surface area (Å²) in [5, 5.41) is 0. The minimum Gasteiger partial charge on any atom is -0.497 e. The van der Waals surface area contributed by atoms with Crippen molar-refractivity contribution >= 4 is 17.5 Å². The van der Waals surface area contributed by atoms with E-state index in [1.165, 1.54) is 19.4 Å². The largest absolute Gasteiger partial charge is 0.497 e. The average molecular weight is 478 g/mol. The molecule has 0 aromatic heterocycles. The van der Waals surface area contributed by atoms with Gasteiger partial charge in [-0.2, -0.15) is 0 Å². The van der Waals surface area contributed by atoms with Gasteiger partial charge < -0.3 is 19.3 Å². The molecule has 1 aliphatic carbocycles. The van der Waals surface area contributed by atoms with Crippen molar-refractivity contribution in [3.05, 3.63) is 54.1 Å². The number of nitrogens with zero attached hydrogens (tertiary/aromatic N) is 3. The number of hydrogen-bond acceptors (Lipinski definition) is 5. The van der Waals surface area contributed by atoms with Gasteiger partial charge in [0.15, 0.2) is 0 Å². The number of rotatable bonds is 7. The zero-order chi connectivity index (χ0) is 24.4. The van der Waals surface area contributed by atoms with Gasteiger partial charge >= 0.3 is 0 Å². The fourth-order valence-electron chi connectivity index (χ4n) is 5.43. The molecular formula is C28H35N3O4. The van der Waals surface area contributed by atoms with Crippen LogP contribution in [0.1, 0.15) is 37.3 Å². The van der Waals surface area contributed by atoms with E-state index in [1.807, 2.05) is 58.3 Å². The topological polar surface area (TPSA) is 62.3 Å². The highest BCUT2D eigenvalue weighted by Gasteiger charge is 2.43. The van der Waals surface area contributed by atoms with Crippen molar-refractivity contribution in [2.75, 3.05) is 51.8 Å². The van der Waals surface area contributed by atoms with Gasteiger partial charge in [-0.1, -0.05) is 12.1 Å². The molecule has 0 spiro atoms. The molecule has 2 heterocycles. The number of carbonyl (C=O) groups is 2. The average Bonchev–Trinajstić information content (AvgIpc) is 3.73. The van der Waals surface area contributed by atoms with Gasteiger partial charge in [-0.25, -0.2) is 0 Å². The summed E-state index contributed by atoms with van der Waals surface area (Å²) in [6, 6.07) is 14.9. The summed E-state index contributed by atoms with van der Waals surface area (Å²) >= 11 is 0. The molecule has 186 valence electrons. The van der Waals surface area contributed by atoms with E-state index >= 15 is 0 Å². The Balaban J connectivity index is 1.42. The van der Waals surface area contributed by atoms with E-state index in [-0.39, 0.29) is 23.8 Å². The highest BCUT2D eigenvalue weighted by Crippen LogP contribution is 2.41. The van der Waals surface area contributed by atoms with Crippen LogP contribution in [0.2, 0.25) is 0 Å². The van der Waals surface area contributed by atoms with Crippen molar-refractivity contribution < 1.29 is 19.1 Å². The Kier molecular flexibility index (Phi) is 6.95. The lowest BCUT2D eigenvalue weighted by atomic mass is 9.82. The Bertz CT molecular complexity index is 1030. The van der Waals surface area contributed by atoms with E-state index in [0.29, 0.717) is 12.8 Å². The van der Waals surface area contributed by atoms with Crippen LogP contribution in [0.25, 0.3) is 0 Å². The third-order valence-corrected chi connectivity index (χ3v) is 7.62. The maximum Gasteiger partial charge on any atom is 0.228 e. The lowest BCUT2D eigenvalue weighted by Gasteiger charge is -2.44. The van der Waals surface area contributed by atoms with Gasteiger partial charge in [0.05, 0.1) is 26.2 Å². The predicted molar refractivity (Wildman–Crippen MR) is 135 cm³/mol. The van der Waals surface area contributed by atoms with Crippen molar-refractivity contribution in [1.29, 1.82) is 0 Å². The Hall–Kier alpha value is -3.06. The Morgan fingerprint density at radius 3 is 2.03 bits per heavy atom. The monoisotopic (exact) mass is 477 g/mol. The van der Waals surface area contributed by atoms with Crippen LogP contribution in [-0.2, 0) is 9.59 Å². The zero-order valence-electron chi connectivity index (χ0n) is 20.7. The maximum atomic E-state index is 13.9. The van der Waals surface area contributed by atoms with Gasteiger partial charge in [0.2, 0.25) is 11.8 Å². The molecule has 2 atom stereocenters.